The molecule has 0 unspecified atom stereocenters. The summed E-state index contributed by atoms with van der Waals surface area (Å²) in [5, 5.41) is 5.53. The van der Waals surface area contributed by atoms with Gasteiger partial charge in [0.05, 0.1) is 25.9 Å². The van der Waals surface area contributed by atoms with E-state index < -0.39 is 0 Å². The van der Waals surface area contributed by atoms with Gasteiger partial charge in [-0.05, 0) is 67.2 Å². The summed E-state index contributed by atoms with van der Waals surface area (Å²) in [4.78, 5) is 7.09. The quantitative estimate of drug-likeness (QED) is 0.618. The lowest BCUT2D eigenvalue weighted by Crippen LogP contribution is -2.17. The van der Waals surface area contributed by atoms with Crippen molar-refractivity contribution in [3.63, 3.8) is 0 Å². The summed E-state index contributed by atoms with van der Waals surface area (Å²) in [7, 11) is 2.11. The molecule has 0 fully saturated rings. The molecule has 5 heteroatoms. The lowest BCUT2D eigenvalue weighted by Gasteiger charge is -2.25. The molecule has 0 radical (unpaired) electrons. The minimum absolute atomic E-state index is 0.625. The van der Waals surface area contributed by atoms with E-state index in [1.165, 1.54) is 20.8 Å². The number of nitrogens with zero attached hydrogens (tertiary/aromatic N) is 2. The molecule has 0 saturated carbocycles. The number of nitrogens with one attached hydrogen (secondary N) is 1. The monoisotopic (exact) mass is 399 g/mol. The Bertz CT molecular complexity index is 964. The molecule has 3 aromatic rings. The van der Waals surface area contributed by atoms with E-state index in [1.807, 2.05) is 6.07 Å². The average molecular weight is 400 g/mol. The molecule has 1 N–H and O–H groups in total. The molecule has 1 aromatic heterocycles. The highest BCUT2D eigenvalue weighted by Gasteiger charge is 2.19. The topological polar surface area (TPSA) is 28.2 Å². The summed E-state index contributed by atoms with van der Waals surface area (Å²) in [5.41, 5.74) is 6.13. The van der Waals surface area contributed by atoms with Gasteiger partial charge in [0.15, 0.2) is 0 Å². The van der Waals surface area contributed by atoms with E-state index in [1.54, 1.807) is 11.3 Å². The van der Waals surface area contributed by atoms with Gasteiger partial charge >= 0.3 is 0 Å². The molecular weight excluding hydrogens is 374 g/mol. The predicted molar refractivity (Wildman–Crippen MR) is 118 cm³/mol. The molecule has 0 spiro atoms. The first-order chi connectivity index (χ1) is 13.0. The third-order valence-electron chi connectivity index (χ3n) is 5.17. The third-order valence-corrected chi connectivity index (χ3v) is 6.54. The van der Waals surface area contributed by atoms with Crippen LogP contribution < -0.4 is 10.2 Å². The molecule has 0 bridgehead atoms. The van der Waals surface area contributed by atoms with Crippen LogP contribution in [-0.2, 0) is 19.3 Å². The molecule has 2 heterocycles. The Morgan fingerprint density at radius 2 is 2.00 bits per heavy atom. The summed E-state index contributed by atoms with van der Waals surface area (Å²) < 4.78 is 1.25. The van der Waals surface area contributed by atoms with Crippen molar-refractivity contribution < 1.29 is 0 Å². The van der Waals surface area contributed by atoms with Crippen molar-refractivity contribution in [3.05, 3.63) is 51.5 Å². The van der Waals surface area contributed by atoms with E-state index in [4.69, 9.17) is 16.6 Å². The Morgan fingerprint density at radius 1 is 1.19 bits per heavy atom. The maximum absolute atomic E-state index is 6.66. The molecule has 1 aliphatic heterocycles. The fourth-order valence-electron chi connectivity index (χ4n) is 3.82. The van der Waals surface area contributed by atoms with Crippen LogP contribution in [0.3, 0.4) is 0 Å². The number of rotatable bonds is 4. The van der Waals surface area contributed by atoms with Gasteiger partial charge in [-0.25, -0.2) is 4.98 Å². The highest BCUT2D eigenvalue weighted by molar-refractivity contribution is 7.18. The largest absolute Gasteiger partial charge is 0.343 e. The Labute approximate surface area is 170 Å². The van der Waals surface area contributed by atoms with Gasteiger partial charge in [-0.3, -0.25) is 0 Å². The second kappa shape index (κ2) is 7.78. The van der Waals surface area contributed by atoms with E-state index >= 15 is 0 Å². The normalized spacial score (nSPS) is 14.4. The van der Waals surface area contributed by atoms with Gasteiger partial charge in [0.1, 0.15) is 0 Å². The first-order valence-corrected chi connectivity index (χ1v) is 10.9. The van der Waals surface area contributed by atoms with Crippen LogP contribution in [-0.4, -0.2) is 25.1 Å². The van der Waals surface area contributed by atoms with Crippen LogP contribution in [0.25, 0.3) is 10.2 Å². The van der Waals surface area contributed by atoms with Crippen LogP contribution in [0.2, 0.25) is 5.02 Å². The number of anilines is 2. The number of thiazole rings is 1. The van der Waals surface area contributed by atoms with E-state index in [9.17, 15) is 0 Å². The van der Waals surface area contributed by atoms with Gasteiger partial charge in [0, 0.05) is 19.2 Å². The van der Waals surface area contributed by atoms with Crippen molar-refractivity contribution in [2.24, 2.45) is 5.92 Å². The highest BCUT2D eigenvalue weighted by Crippen LogP contribution is 2.38. The molecule has 0 amide bonds. The van der Waals surface area contributed by atoms with Crippen LogP contribution in [0.5, 0.6) is 0 Å². The molecule has 142 valence electrons. The van der Waals surface area contributed by atoms with E-state index in [-0.39, 0.29) is 0 Å². The van der Waals surface area contributed by atoms with Gasteiger partial charge in [-0.15, -0.1) is 11.3 Å². The van der Waals surface area contributed by atoms with Gasteiger partial charge < -0.3 is 10.2 Å². The van der Waals surface area contributed by atoms with Gasteiger partial charge in [0.25, 0.3) is 0 Å². The number of hydrogen-bond acceptors (Lipinski definition) is 4. The summed E-state index contributed by atoms with van der Waals surface area (Å²) >= 11 is 8.47. The summed E-state index contributed by atoms with van der Waals surface area (Å²) in [5.74, 6) is 0.625. The molecule has 0 atom stereocenters. The molecule has 4 rings (SSSR count). The zero-order valence-electron chi connectivity index (χ0n) is 16.2. The zero-order chi connectivity index (χ0) is 19.0. The van der Waals surface area contributed by atoms with Crippen molar-refractivity contribution in [3.8, 4) is 0 Å². The van der Waals surface area contributed by atoms with Crippen LogP contribution in [0, 0.1) is 5.92 Å². The van der Waals surface area contributed by atoms with E-state index in [0.29, 0.717) is 5.92 Å². The van der Waals surface area contributed by atoms with Crippen LogP contribution >= 0.6 is 22.9 Å². The van der Waals surface area contributed by atoms with E-state index in [0.717, 1.165) is 54.3 Å². The average Bonchev–Trinajstić information content (AvgIpc) is 2.86. The number of hydrogen-bond donors (Lipinski definition) is 1. The first-order valence-electron chi connectivity index (χ1n) is 9.67. The zero-order valence-corrected chi connectivity index (χ0v) is 17.8. The fraction of sp³-hybridized carbons (Fsp3) is 0.409. The Hall–Kier alpha value is -1.62. The molecule has 27 heavy (non-hydrogen) atoms. The molecule has 3 nitrogen and oxygen atoms in total. The van der Waals surface area contributed by atoms with Gasteiger partial charge in [-0.1, -0.05) is 31.5 Å². The van der Waals surface area contributed by atoms with E-state index in [2.05, 4.69) is 55.4 Å². The second-order valence-electron chi connectivity index (χ2n) is 7.70. The van der Waals surface area contributed by atoms with Crippen molar-refractivity contribution in [1.29, 1.82) is 0 Å². The number of benzene rings is 2. The van der Waals surface area contributed by atoms with Gasteiger partial charge in [-0.2, -0.15) is 0 Å². The lowest BCUT2D eigenvalue weighted by atomic mass is 10.00. The Kier molecular flexibility index (Phi) is 5.40. The van der Waals surface area contributed by atoms with Gasteiger partial charge in [0.2, 0.25) is 0 Å². The molecular formula is C22H26ClN3S. The number of aromatic nitrogens is 1. The Morgan fingerprint density at radius 3 is 2.81 bits per heavy atom. The van der Waals surface area contributed by atoms with Crippen molar-refractivity contribution in [2.75, 3.05) is 25.0 Å². The first kappa shape index (κ1) is 18.7. The third kappa shape index (κ3) is 3.84. The van der Waals surface area contributed by atoms with Crippen molar-refractivity contribution in [2.45, 2.75) is 33.1 Å². The van der Waals surface area contributed by atoms with Crippen LogP contribution in [0.15, 0.2) is 30.3 Å². The van der Waals surface area contributed by atoms with Crippen molar-refractivity contribution in [1.82, 2.24) is 10.3 Å². The standard InChI is InChI=1S/C22H26ClN3S/c1-14(2)12-21-25-19-13-16(5-7-20(19)27-21)26(3)22-17-9-11-24-10-8-15(17)4-6-18(22)23/h4-7,13-14,24H,8-12H2,1-3H3. The molecule has 0 aliphatic carbocycles. The lowest BCUT2D eigenvalue weighted by molar-refractivity contribution is 0.645. The highest BCUT2D eigenvalue weighted by atomic mass is 35.5. The smallest absolute Gasteiger partial charge is 0.0941 e. The SMILES string of the molecule is CC(C)Cc1nc2cc(N(C)c3c(Cl)ccc4c3CCNCC4)ccc2s1. The summed E-state index contributed by atoms with van der Waals surface area (Å²) in [6.07, 6.45) is 3.10. The summed E-state index contributed by atoms with van der Waals surface area (Å²) in [6.45, 7) is 6.51. The van der Waals surface area contributed by atoms with Crippen LogP contribution in [0.4, 0.5) is 11.4 Å². The Balaban J connectivity index is 1.73. The molecule has 1 aliphatic rings. The predicted octanol–water partition coefficient (Wildman–Crippen LogP) is 5.60. The van der Waals surface area contributed by atoms with Crippen LogP contribution in [0.1, 0.15) is 30.0 Å². The molecule has 2 aromatic carbocycles. The maximum Gasteiger partial charge on any atom is 0.0941 e. The number of fused-ring (bicyclic) bond motifs is 2. The minimum Gasteiger partial charge on any atom is -0.343 e. The molecule has 0 saturated heterocycles. The fourth-order valence-corrected chi connectivity index (χ4v) is 5.29. The minimum atomic E-state index is 0.625. The maximum atomic E-state index is 6.66. The number of halogens is 1. The van der Waals surface area contributed by atoms with Crippen molar-refractivity contribution >= 4 is 44.5 Å². The summed E-state index contributed by atoms with van der Waals surface area (Å²) in [6, 6.07) is 10.8. The second-order valence-corrected chi connectivity index (χ2v) is 9.22.